The number of benzene rings is 1. The molecule has 1 aliphatic carbocycles. The van der Waals surface area contributed by atoms with Gasteiger partial charge < -0.3 is 5.11 Å². The monoisotopic (exact) mass is 265 g/mol. The Kier molecular flexibility index (Phi) is 4.53. The fraction of sp³-hybridized carbons (Fsp3) is 0.533. The number of phenolic OH excluding ortho intramolecular Hbond substituents is 1. The lowest BCUT2D eigenvalue weighted by atomic mass is 10.1. The van der Waals surface area contributed by atoms with Gasteiger partial charge in [-0.15, -0.1) is 0 Å². The Balaban J connectivity index is 1.94. The first-order valence-corrected chi connectivity index (χ1v) is 6.76. The van der Waals surface area contributed by atoms with E-state index in [1.54, 1.807) is 0 Å². The first-order valence-electron chi connectivity index (χ1n) is 6.76. The zero-order valence-electron chi connectivity index (χ0n) is 11.2. The van der Waals surface area contributed by atoms with Gasteiger partial charge in [0, 0.05) is 6.54 Å². The van der Waals surface area contributed by atoms with Crippen LogP contribution in [0.15, 0.2) is 18.2 Å². The van der Waals surface area contributed by atoms with Crippen LogP contribution in [-0.4, -0.2) is 35.9 Å². The van der Waals surface area contributed by atoms with Gasteiger partial charge in [-0.25, -0.2) is 4.39 Å². The number of likely N-dealkylation sites (N-methyl/N-ethyl adjacent to an activating group) is 1. The Morgan fingerprint density at radius 2 is 2.11 bits per heavy atom. The van der Waals surface area contributed by atoms with Crippen LogP contribution < -0.4 is 0 Å². The highest BCUT2D eigenvalue weighted by Crippen LogP contribution is 2.25. The summed E-state index contributed by atoms with van der Waals surface area (Å²) >= 11 is 0. The summed E-state index contributed by atoms with van der Waals surface area (Å²) in [5, 5.41) is 9.60. The molecule has 2 rings (SSSR count). The number of rotatable bonds is 5. The van der Waals surface area contributed by atoms with Crippen molar-refractivity contribution >= 4 is 5.78 Å². The molecular weight excluding hydrogens is 245 g/mol. The smallest absolute Gasteiger partial charge is 0.180 e. The maximum absolute atomic E-state index is 13.1. The lowest BCUT2D eigenvalue weighted by Crippen LogP contribution is -2.30. The fourth-order valence-electron chi connectivity index (χ4n) is 2.76. The third-order valence-corrected chi connectivity index (χ3v) is 3.72. The van der Waals surface area contributed by atoms with E-state index < -0.39 is 5.82 Å². The van der Waals surface area contributed by atoms with E-state index in [-0.39, 0.29) is 23.6 Å². The topological polar surface area (TPSA) is 40.5 Å². The molecule has 0 heterocycles. The molecule has 0 aromatic heterocycles. The molecule has 19 heavy (non-hydrogen) atoms. The Morgan fingerprint density at radius 3 is 2.79 bits per heavy atom. The highest BCUT2D eigenvalue weighted by Gasteiger charge is 2.19. The maximum Gasteiger partial charge on any atom is 0.180 e. The van der Waals surface area contributed by atoms with Crippen molar-refractivity contribution in [1.29, 1.82) is 0 Å². The summed E-state index contributed by atoms with van der Waals surface area (Å²) in [6, 6.07) is 3.47. The van der Waals surface area contributed by atoms with Crippen LogP contribution in [0.3, 0.4) is 0 Å². The van der Waals surface area contributed by atoms with Gasteiger partial charge >= 0.3 is 0 Å². The minimum atomic E-state index is -0.500. The normalized spacial score (nSPS) is 16.2. The quantitative estimate of drug-likeness (QED) is 0.832. The Labute approximate surface area is 113 Å². The molecule has 0 radical (unpaired) electrons. The summed E-state index contributed by atoms with van der Waals surface area (Å²) in [6.07, 6.45) is 5.00. The van der Waals surface area contributed by atoms with Crippen molar-refractivity contribution in [3.63, 3.8) is 0 Å². The molecule has 1 aliphatic rings. The third-order valence-electron chi connectivity index (χ3n) is 3.72. The SMILES string of the molecule is CN(CC(=O)c1cc(F)ccc1O)CC1CCCC1. The molecule has 4 heteroatoms. The van der Waals surface area contributed by atoms with Crippen LogP contribution in [-0.2, 0) is 0 Å². The molecule has 1 saturated carbocycles. The van der Waals surface area contributed by atoms with Crippen LogP contribution in [0.1, 0.15) is 36.0 Å². The van der Waals surface area contributed by atoms with Crippen molar-refractivity contribution in [3.05, 3.63) is 29.6 Å². The van der Waals surface area contributed by atoms with Crippen molar-refractivity contribution in [1.82, 2.24) is 4.90 Å². The molecule has 0 unspecified atom stereocenters. The molecular formula is C15H20FNO2. The number of Topliss-reactive ketones (excluding diaryl/α,β-unsaturated/α-hetero) is 1. The van der Waals surface area contributed by atoms with E-state index >= 15 is 0 Å². The van der Waals surface area contributed by atoms with Crippen LogP contribution >= 0.6 is 0 Å². The van der Waals surface area contributed by atoms with Crippen LogP contribution in [0.2, 0.25) is 0 Å². The van der Waals surface area contributed by atoms with Gasteiger partial charge in [0.1, 0.15) is 11.6 Å². The number of ketones is 1. The van der Waals surface area contributed by atoms with Gasteiger partial charge in [0.2, 0.25) is 0 Å². The Bertz CT molecular complexity index is 455. The minimum Gasteiger partial charge on any atom is -0.507 e. The molecule has 0 spiro atoms. The Hall–Kier alpha value is -1.42. The van der Waals surface area contributed by atoms with Crippen molar-refractivity contribution < 1.29 is 14.3 Å². The van der Waals surface area contributed by atoms with E-state index in [0.717, 1.165) is 18.7 Å². The molecule has 1 aromatic carbocycles. The number of halogens is 1. The minimum absolute atomic E-state index is 0.0678. The fourth-order valence-corrected chi connectivity index (χ4v) is 2.76. The number of carbonyl (C=O) groups excluding carboxylic acids is 1. The molecule has 1 aromatic rings. The third kappa shape index (κ3) is 3.77. The predicted octanol–water partition coefficient (Wildman–Crippen LogP) is 2.84. The standard InChI is InChI=1S/C15H20FNO2/c1-17(9-11-4-2-3-5-11)10-15(19)13-8-12(16)6-7-14(13)18/h6-8,11,18H,2-5,9-10H2,1H3. The van der Waals surface area contributed by atoms with E-state index in [1.807, 2.05) is 11.9 Å². The average molecular weight is 265 g/mol. The second kappa shape index (κ2) is 6.15. The molecule has 0 saturated heterocycles. The van der Waals surface area contributed by atoms with Gasteiger partial charge in [-0.05, 0) is 44.0 Å². The first-order chi connectivity index (χ1) is 9.06. The van der Waals surface area contributed by atoms with Crippen molar-refractivity contribution in [2.75, 3.05) is 20.1 Å². The number of nitrogens with zero attached hydrogens (tertiary/aromatic N) is 1. The molecule has 0 bridgehead atoms. The van der Waals surface area contributed by atoms with Crippen LogP contribution in [0.4, 0.5) is 4.39 Å². The largest absolute Gasteiger partial charge is 0.507 e. The summed E-state index contributed by atoms with van der Waals surface area (Å²) in [5.74, 6) is -0.225. The van der Waals surface area contributed by atoms with Gasteiger partial charge in [-0.3, -0.25) is 9.69 Å². The second-order valence-corrected chi connectivity index (χ2v) is 5.43. The Morgan fingerprint density at radius 1 is 1.42 bits per heavy atom. The zero-order chi connectivity index (χ0) is 13.8. The van der Waals surface area contributed by atoms with Gasteiger partial charge in [0.15, 0.2) is 5.78 Å². The van der Waals surface area contributed by atoms with E-state index in [0.29, 0.717) is 5.92 Å². The predicted molar refractivity (Wildman–Crippen MR) is 71.9 cm³/mol. The summed E-state index contributed by atoms with van der Waals surface area (Å²) in [5.41, 5.74) is 0.0678. The van der Waals surface area contributed by atoms with E-state index in [9.17, 15) is 14.3 Å². The molecule has 1 fully saturated rings. The van der Waals surface area contributed by atoms with E-state index in [2.05, 4.69) is 0 Å². The van der Waals surface area contributed by atoms with Crippen molar-refractivity contribution in [3.8, 4) is 5.75 Å². The molecule has 0 amide bonds. The van der Waals surface area contributed by atoms with E-state index in [1.165, 1.54) is 31.7 Å². The number of hydrogen-bond acceptors (Lipinski definition) is 3. The van der Waals surface area contributed by atoms with Gasteiger partial charge in [-0.1, -0.05) is 12.8 Å². The summed E-state index contributed by atoms with van der Waals surface area (Å²) in [7, 11) is 1.90. The summed E-state index contributed by atoms with van der Waals surface area (Å²) in [4.78, 5) is 14.0. The second-order valence-electron chi connectivity index (χ2n) is 5.43. The van der Waals surface area contributed by atoms with Crippen LogP contribution in [0.5, 0.6) is 5.75 Å². The van der Waals surface area contributed by atoms with Gasteiger partial charge in [0.25, 0.3) is 0 Å². The van der Waals surface area contributed by atoms with E-state index in [4.69, 9.17) is 0 Å². The molecule has 0 aliphatic heterocycles. The number of hydrogen-bond donors (Lipinski definition) is 1. The van der Waals surface area contributed by atoms with Crippen molar-refractivity contribution in [2.24, 2.45) is 5.92 Å². The van der Waals surface area contributed by atoms with Crippen molar-refractivity contribution in [2.45, 2.75) is 25.7 Å². The molecule has 0 atom stereocenters. The maximum atomic E-state index is 13.1. The highest BCUT2D eigenvalue weighted by atomic mass is 19.1. The zero-order valence-corrected chi connectivity index (χ0v) is 11.2. The number of carbonyl (C=O) groups is 1. The van der Waals surface area contributed by atoms with Gasteiger partial charge in [0.05, 0.1) is 12.1 Å². The number of aromatic hydroxyl groups is 1. The van der Waals surface area contributed by atoms with Crippen LogP contribution in [0, 0.1) is 11.7 Å². The molecule has 104 valence electrons. The lowest BCUT2D eigenvalue weighted by Gasteiger charge is -2.20. The molecule has 1 N–H and O–H groups in total. The highest BCUT2D eigenvalue weighted by molar-refractivity contribution is 5.99. The summed E-state index contributed by atoms with van der Waals surface area (Å²) in [6.45, 7) is 1.11. The summed E-state index contributed by atoms with van der Waals surface area (Å²) < 4.78 is 13.1. The first kappa shape index (κ1) is 14.0. The van der Waals surface area contributed by atoms with Crippen LogP contribution in [0.25, 0.3) is 0 Å². The van der Waals surface area contributed by atoms with Gasteiger partial charge in [-0.2, -0.15) is 0 Å². The number of phenols is 1. The average Bonchev–Trinajstić information content (AvgIpc) is 2.84. The molecule has 3 nitrogen and oxygen atoms in total. The lowest BCUT2D eigenvalue weighted by molar-refractivity contribution is 0.0935.